The Bertz CT molecular complexity index is 1360. The predicted molar refractivity (Wildman–Crippen MR) is 151 cm³/mol. The summed E-state index contributed by atoms with van der Waals surface area (Å²) in [6.07, 6.45) is 4.40. The van der Waals surface area contributed by atoms with Gasteiger partial charge in [0.1, 0.15) is 6.61 Å². The lowest BCUT2D eigenvalue weighted by molar-refractivity contribution is 0.0664. The molecule has 2 aromatic heterocycles. The molecule has 1 saturated carbocycles. The Labute approximate surface area is 228 Å². The van der Waals surface area contributed by atoms with Crippen LogP contribution in [0.5, 0.6) is 11.5 Å². The van der Waals surface area contributed by atoms with Gasteiger partial charge in [-0.2, -0.15) is 5.10 Å². The maximum Gasteiger partial charge on any atom is 0.254 e. The number of aromatic nitrogens is 2. The third-order valence-electron chi connectivity index (χ3n) is 7.19. The molecular weight excluding hydrogens is 494 g/mol. The summed E-state index contributed by atoms with van der Waals surface area (Å²) < 4.78 is 13.7. The number of carbonyl (C=O) groups excluding carboxylic acids is 1. The minimum Gasteiger partial charge on any atom is -0.493 e. The van der Waals surface area contributed by atoms with Gasteiger partial charge in [-0.05, 0) is 79.6 Å². The van der Waals surface area contributed by atoms with E-state index in [1.165, 1.54) is 0 Å². The van der Waals surface area contributed by atoms with Crippen LogP contribution in [0.2, 0.25) is 0 Å². The summed E-state index contributed by atoms with van der Waals surface area (Å²) in [5, 5.41) is 6.61. The third-order valence-corrected chi connectivity index (χ3v) is 8.04. The van der Waals surface area contributed by atoms with Crippen molar-refractivity contribution >= 4 is 17.2 Å². The maximum absolute atomic E-state index is 13.8. The van der Waals surface area contributed by atoms with Crippen LogP contribution < -0.4 is 9.47 Å². The van der Waals surface area contributed by atoms with Crippen molar-refractivity contribution in [3.63, 3.8) is 0 Å². The van der Waals surface area contributed by atoms with Crippen molar-refractivity contribution in [2.45, 2.75) is 65.3 Å². The molecule has 0 unspecified atom stereocenters. The van der Waals surface area contributed by atoms with Gasteiger partial charge in [-0.1, -0.05) is 37.1 Å². The molecule has 0 saturated heterocycles. The lowest BCUT2D eigenvalue weighted by atomic mass is 10.1. The molecule has 0 atom stereocenters. The van der Waals surface area contributed by atoms with Crippen molar-refractivity contribution in [1.82, 2.24) is 14.7 Å². The summed E-state index contributed by atoms with van der Waals surface area (Å²) in [6.45, 7) is 5.80. The first-order valence-electron chi connectivity index (χ1n) is 13.2. The topological polar surface area (TPSA) is 56.6 Å². The number of hydrogen-bond donors (Lipinski definition) is 0. The minimum absolute atomic E-state index is 0.0754. The zero-order valence-electron chi connectivity index (χ0n) is 22.4. The van der Waals surface area contributed by atoms with Gasteiger partial charge < -0.3 is 14.4 Å². The molecule has 4 aromatic rings. The van der Waals surface area contributed by atoms with E-state index in [1.54, 1.807) is 18.4 Å². The van der Waals surface area contributed by atoms with Gasteiger partial charge in [-0.25, -0.2) is 0 Å². The highest BCUT2D eigenvalue weighted by atomic mass is 32.1. The molecule has 198 valence electrons. The number of ether oxygens (including phenoxy) is 2. The van der Waals surface area contributed by atoms with Crippen molar-refractivity contribution in [2.24, 2.45) is 0 Å². The quantitative estimate of drug-likeness (QED) is 0.227. The van der Waals surface area contributed by atoms with E-state index in [2.05, 4.69) is 24.2 Å². The van der Waals surface area contributed by atoms with Crippen LogP contribution >= 0.6 is 11.3 Å². The van der Waals surface area contributed by atoms with Crippen LogP contribution in [0.1, 0.15) is 63.4 Å². The molecule has 0 N–H and O–H groups in total. The third kappa shape index (κ3) is 6.10. The molecule has 0 bridgehead atoms. The number of aryl methyl sites for hydroxylation is 2. The molecule has 2 aromatic carbocycles. The first-order chi connectivity index (χ1) is 18.5. The zero-order chi connectivity index (χ0) is 26.5. The van der Waals surface area contributed by atoms with Gasteiger partial charge in [-0.3, -0.25) is 9.48 Å². The lowest BCUT2D eigenvalue weighted by Crippen LogP contribution is -2.38. The number of amides is 1. The monoisotopic (exact) mass is 529 g/mol. The Kier molecular flexibility index (Phi) is 8.13. The van der Waals surface area contributed by atoms with Crippen LogP contribution in [0.3, 0.4) is 0 Å². The summed E-state index contributed by atoms with van der Waals surface area (Å²) in [4.78, 5) is 17.0. The molecule has 38 heavy (non-hydrogen) atoms. The molecule has 1 fully saturated rings. The van der Waals surface area contributed by atoms with E-state index in [1.807, 2.05) is 70.4 Å². The Balaban J connectivity index is 1.33. The summed E-state index contributed by atoms with van der Waals surface area (Å²) in [6, 6.07) is 20.4. The van der Waals surface area contributed by atoms with Crippen molar-refractivity contribution in [2.75, 3.05) is 7.11 Å². The average Bonchev–Trinajstić information content (AvgIpc) is 3.70. The van der Waals surface area contributed by atoms with Crippen molar-refractivity contribution in [3.05, 3.63) is 99.0 Å². The number of thiophene rings is 1. The number of rotatable bonds is 10. The largest absolute Gasteiger partial charge is 0.493 e. The number of carbonyl (C=O) groups is 1. The van der Waals surface area contributed by atoms with E-state index >= 15 is 0 Å². The normalized spacial score (nSPS) is 13.6. The molecule has 2 heterocycles. The van der Waals surface area contributed by atoms with Crippen molar-refractivity contribution in [3.8, 4) is 11.5 Å². The van der Waals surface area contributed by atoms with Crippen LogP contribution in [0.25, 0.3) is 0 Å². The van der Waals surface area contributed by atoms with Gasteiger partial charge in [0.2, 0.25) is 0 Å². The van der Waals surface area contributed by atoms with E-state index in [0.29, 0.717) is 31.2 Å². The van der Waals surface area contributed by atoms with Gasteiger partial charge in [0.25, 0.3) is 5.91 Å². The SMILES string of the molecule is COc1ccc(CN(C(=O)c2ccc(Cn3nc(C)cc3C)cc2)C2CCCC2)cc1OCc1cccs1. The average molecular weight is 530 g/mol. The Hall–Kier alpha value is -3.58. The molecule has 0 spiro atoms. The molecule has 1 aliphatic rings. The van der Waals surface area contributed by atoms with Crippen LogP contribution in [0.15, 0.2) is 66.0 Å². The molecule has 7 heteroatoms. The molecule has 1 amide bonds. The number of methoxy groups -OCH3 is 1. The second-order valence-corrected chi connectivity index (χ2v) is 11.0. The van der Waals surface area contributed by atoms with E-state index < -0.39 is 0 Å². The first kappa shape index (κ1) is 26.0. The molecular formula is C31H35N3O3S. The lowest BCUT2D eigenvalue weighted by Gasteiger charge is -2.29. The standard InChI is InChI=1S/C31H35N3O3S/c1-22-17-23(2)34(32-22)20-24-10-13-26(14-11-24)31(35)33(27-7-4-5-8-27)19-25-12-15-29(36-3)30(18-25)37-21-28-9-6-16-38-28/h6,9-18,27H,4-5,7-8,19-21H2,1-3H3. The Morgan fingerprint density at radius 3 is 2.45 bits per heavy atom. The molecule has 5 rings (SSSR count). The van der Waals surface area contributed by atoms with E-state index in [9.17, 15) is 4.79 Å². The highest BCUT2D eigenvalue weighted by Crippen LogP contribution is 2.32. The molecule has 0 aliphatic heterocycles. The summed E-state index contributed by atoms with van der Waals surface area (Å²) in [5.41, 5.74) is 5.03. The fourth-order valence-corrected chi connectivity index (χ4v) is 5.80. The van der Waals surface area contributed by atoms with Crippen LogP contribution in [0, 0.1) is 13.8 Å². The summed E-state index contributed by atoms with van der Waals surface area (Å²) in [5.74, 6) is 1.47. The highest BCUT2D eigenvalue weighted by molar-refractivity contribution is 7.09. The first-order valence-corrected chi connectivity index (χ1v) is 14.1. The van der Waals surface area contributed by atoms with Gasteiger partial charge in [0.15, 0.2) is 11.5 Å². The Morgan fingerprint density at radius 1 is 1.03 bits per heavy atom. The molecule has 1 aliphatic carbocycles. The second kappa shape index (κ2) is 11.9. The van der Waals surface area contributed by atoms with Crippen molar-refractivity contribution < 1.29 is 14.3 Å². The maximum atomic E-state index is 13.8. The van der Waals surface area contributed by atoms with Gasteiger partial charge in [0, 0.05) is 28.7 Å². The molecule has 6 nitrogen and oxygen atoms in total. The molecule has 0 radical (unpaired) electrons. The minimum atomic E-state index is 0.0754. The Morgan fingerprint density at radius 2 is 1.79 bits per heavy atom. The summed E-state index contributed by atoms with van der Waals surface area (Å²) in [7, 11) is 1.65. The fraction of sp³-hybridized carbons (Fsp3) is 0.355. The van der Waals surface area contributed by atoms with Crippen LogP contribution in [-0.2, 0) is 19.7 Å². The predicted octanol–water partition coefficient (Wildman–Crippen LogP) is 6.78. The van der Waals surface area contributed by atoms with Crippen LogP contribution in [-0.4, -0.2) is 33.7 Å². The van der Waals surface area contributed by atoms with E-state index in [0.717, 1.165) is 58.6 Å². The number of nitrogens with zero attached hydrogens (tertiary/aromatic N) is 3. The number of benzene rings is 2. The van der Waals surface area contributed by atoms with Crippen LogP contribution in [0.4, 0.5) is 0 Å². The smallest absolute Gasteiger partial charge is 0.254 e. The van der Waals surface area contributed by atoms with Gasteiger partial charge >= 0.3 is 0 Å². The highest BCUT2D eigenvalue weighted by Gasteiger charge is 2.28. The summed E-state index contributed by atoms with van der Waals surface area (Å²) >= 11 is 1.67. The van der Waals surface area contributed by atoms with Gasteiger partial charge in [0.05, 0.1) is 19.3 Å². The zero-order valence-corrected chi connectivity index (χ0v) is 23.2. The second-order valence-electron chi connectivity index (χ2n) is 10.0. The van der Waals surface area contributed by atoms with Gasteiger partial charge in [-0.15, -0.1) is 11.3 Å². The number of hydrogen-bond acceptors (Lipinski definition) is 5. The van der Waals surface area contributed by atoms with E-state index in [-0.39, 0.29) is 11.9 Å². The van der Waals surface area contributed by atoms with E-state index in [4.69, 9.17) is 9.47 Å². The fourth-order valence-electron chi connectivity index (χ4n) is 5.18. The van der Waals surface area contributed by atoms with Crippen molar-refractivity contribution in [1.29, 1.82) is 0 Å².